The summed E-state index contributed by atoms with van der Waals surface area (Å²) in [6.45, 7) is 9.98. The molecule has 1 unspecified atom stereocenters. The number of rotatable bonds is 3. The number of ether oxygens (including phenoxy) is 1. The van der Waals surface area contributed by atoms with Crippen molar-refractivity contribution < 1.29 is 9.13 Å². The summed E-state index contributed by atoms with van der Waals surface area (Å²) in [5.74, 6) is 0.641. The third kappa shape index (κ3) is 3.98. The number of imidazole rings is 1. The van der Waals surface area contributed by atoms with Crippen LogP contribution in [0.1, 0.15) is 32.6 Å². The van der Waals surface area contributed by atoms with Crippen LogP contribution in [0.3, 0.4) is 0 Å². The Morgan fingerprint density at radius 1 is 1.39 bits per heavy atom. The van der Waals surface area contributed by atoms with Crippen molar-refractivity contribution in [1.82, 2.24) is 14.9 Å². The average molecular weight is 317 g/mol. The first-order valence-electron chi connectivity index (χ1n) is 8.05. The molecule has 1 aromatic carbocycles. The lowest BCUT2D eigenvalue weighted by Gasteiger charge is -2.38. The Bertz CT molecular complexity index is 662. The first-order valence-corrected chi connectivity index (χ1v) is 8.05. The number of halogens is 1. The van der Waals surface area contributed by atoms with Crippen molar-refractivity contribution >= 4 is 0 Å². The van der Waals surface area contributed by atoms with Gasteiger partial charge in [-0.1, -0.05) is 32.9 Å². The van der Waals surface area contributed by atoms with Crippen LogP contribution in [0, 0.1) is 11.2 Å². The largest absolute Gasteiger partial charge is 0.378 e. The molecule has 1 saturated heterocycles. The molecule has 124 valence electrons. The van der Waals surface area contributed by atoms with Gasteiger partial charge in [-0.25, -0.2) is 9.37 Å². The van der Waals surface area contributed by atoms with Crippen LogP contribution in [0.5, 0.6) is 0 Å². The highest BCUT2D eigenvalue weighted by Gasteiger charge is 2.29. The lowest BCUT2D eigenvalue weighted by atomic mass is 9.95. The van der Waals surface area contributed by atoms with Crippen LogP contribution in [0.15, 0.2) is 30.5 Å². The molecule has 1 atom stereocenters. The van der Waals surface area contributed by atoms with Gasteiger partial charge in [-0.2, -0.15) is 0 Å². The summed E-state index contributed by atoms with van der Waals surface area (Å²) in [6.07, 6.45) is 1.77. The van der Waals surface area contributed by atoms with Gasteiger partial charge in [0, 0.05) is 18.7 Å². The quantitative estimate of drug-likeness (QED) is 0.940. The second kappa shape index (κ2) is 6.42. The minimum absolute atomic E-state index is 0.116. The zero-order valence-electron chi connectivity index (χ0n) is 14.0. The topological polar surface area (TPSA) is 41.1 Å². The summed E-state index contributed by atoms with van der Waals surface area (Å²) < 4.78 is 19.1. The predicted molar refractivity (Wildman–Crippen MR) is 88.6 cm³/mol. The Morgan fingerprint density at radius 3 is 2.96 bits per heavy atom. The van der Waals surface area contributed by atoms with E-state index in [2.05, 4.69) is 35.6 Å². The van der Waals surface area contributed by atoms with E-state index in [1.807, 2.05) is 6.07 Å². The maximum Gasteiger partial charge on any atom is 0.126 e. The lowest BCUT2D eigenvalue weighted by Crippen LogP contribution is -2.44. The van der Waals surface area contributed by atoms with Crippen LogP contribution in [-0.2, 0) is 4.74 Å². The minimum atomic E-state index is -0.242. The first kappa shape index (κ1) is 16.1. The van der Waals surface area contributed by atoms with Gasteiger partial charge in [0.1, 0.15) is 11.6 Å². The minimum Gasteiger partial charge on any atom is -0.378 e. The van der Waals surface area contributed by atoms with Gasteiger partial charge in [0.15, 0.2) is 0 Å². The molecule has 5 heteroatoms. The van der Waals surface area contributed by atoms with E-state index in [-0.39, 0.29) is 17.3 Å². The molecule has 3 rings (SSSR count). The van der Waals surface area contributed by atoms with E-state index in [1.54, 1.807) is 12.3 Å². The molecule has 0 radical (unpaired) electrons. The fourth-order valence-electron chi connectivity index (χ4n) is 3.00. The number of nitrogens with zero attached hydrogens (tertiary/aromatic N) is 2. The zero-order valence-corrected chi connectivity index (χ0v) is 14.0. The molecule has 1 aliphatic rings. The van der Waals surface area contributed by atoms with Crippen LogP contribution >= 0.6 is 0 Å². The molecule has 0 aliphatic carbocycles. The fraction of sp³-hybridized carbons (Fsp3) is 0.500. The van der Waals surface area contributed by atoms with E-state index in [0.717, 1.165) is 36.8 Å². The number of aromatic amines is 1. The Kier molecular flexibility index (Phi) is 4.50. The SMILES string of the molecule is CC(C)(C)CN1CCOCC1c1ncc(-c2cccc(F)c2)[nH]1. The zero-order chi connectivity index (χ0) is 16.4. The summed E-state index contributed by atoms with van der Waals surface area (Å²) in [5.41, 5.74) is 1.86. The monoisotopic (exact) mass is 317 g/mol. The number of benzene rings is 1. The number of hydrogen-bond acceptors (Lipinski definition) is 3. The van der Waals surface area contributed by atoms with Crippen LogP contribution in [0.2, 0.25) is 0 Å². The fourth-order valence-corrected chi connectivity index (χ4v) is 3.00. The highest BCUT2D eigenvalue weighted by molar-refractivity contribution is 5.58. The van der Waals surface area contributed by atoms with Crippen LogP contribution < -0.4 is 0 Å². The molecule has 4 nitrogen and oxygen atoms in total. The average Bonchev–Trinajstić information content (AvgIpc) is 2.96. The summed E-state index contributed by atoms with van der Waals surface area (Å²) in [7, 11) is 0. The normalized spacial score (nSPS) is 19.9. The standard InChI is InChI=1S/C18H24FN3O/c1-18(2,3)12-22-7-8-23-11-16(22)17-20-10-15(21-17)13-5-4-6-14(19)9-13/h4-6,9-10,16H,7-8,11-12H2,1-3H3,(H,20,21). The van der Waals surface area contributed by atoms with Crippen molar-refractivity contribution in [3.05, 3.63) is 42.1 Å². The van der Waals surface area contributed by atoms with E-state index in [1.165, 1.54) is 12.1 Å². The maximum absolute atomic E-state index is 13.4. The summed E-state index contributed by atoms with van der Waals surface area (Å²) in [6, 6.07) is 6.67. The molecule has 23 heavy (non-hydrogen) atoms. The lowest BCUT2D eigenvalue weighted by molar-refractivity contribution is -0.0246. The molecule has 1 N–H and O–H groups in total. The van der Waals surface area contributed by atoms with E-state index < -0.39 is 0 Å². The van der Waals surface area contributed by atoms with Crippen molar-refractivity contribution in [2.75, 3.05) is 26.3 Å². The van der Waals surface area contributed by atoms with Crippen molar-refractivity contribution in [2.24, 2.45) is 5.41 Å². The van der Waals surface area contributed by atoms with Gasteiger partial charge in [0.25, 0.3) is 0 Å². The number of aromatic nitrogens is 2. The van der Waals surface area contributed by atoms with Gasteiger partial charge < -0.3 is 9.72 Å². The number of nitrogens with one attached hydrogen (secondary N) is 1. The van der Waals surface area contributed by atoms with E-state index in [4.69, 9.17) is 4.74 Å². The highest BCUT2D eigenvalue weighted by Crippen LogP contribution is 2.28. The highest BCUT2D eigenvalue weighted by atomic mass is 19.1. The van der Waals surface area contributed by atoms with Gasteiger partial charge in [0.05, 0.1) is 31.1 Å². The molecule has 0 amide bonds. The maximum atomic E-state index is 13.4. The van der Waals surface area contributed by atoms with Crippen molar-refractivity contribution in [1.29, 1.82) is 0 Å². The second-order valence-corrected chi connectivity index (χ2v) is 7.31. The van der Waals surface area contributed by atoms with Gasteiger partial charge in [-0.3, -0.25) is 4.90 Å². The number of morpholine rings is 1. The number of hydrogen-bond donors (Lipinski definition) is 1. The Hall–Kier alpha value is -1.72. The molecule has 2 heterocycles. The van der Waals surface area contributed by atoms with E-state index in [9.17, 15) is 4.39 Å². The third-order valence-electron chi connectivity index (χ3n) is 3.96. The Labute approximate surface area is 136 Å². The molecule has 1 aliphatic heterocycles. The van der Waals surface area contributed by atoms with Crippen molar-refractivity contribution in [3.8, 4) is 11.3 Å². The molecule has 0 bridgehead atoms. The summed E-state index contributed by atoms with van der Waals surface area (Å²) in [4.78, 5) is 10.3. The predicted octanol–water partition coefficient (Wildman–Crippen LogP) is 3.64. The van der Waals surface area contributed by atoms with E-state index >= 15 is 0 Å². The second-order valence-electron chi connectivity index (χ2n) is 7.31. The molecular weight excluding hydrogens is 293 g/mol. The Morgan fingerprint density at radius 2 is 2.22 bits per heavy atom. The van der Waals surface area contributed by atoms with Gasteiger partial charge in [-0.15, -0.1) is 0 Å². The molecule has 0 spiro atoms. The van der Waals surface area contributed by atoms with Gasteiger partial charge in [-0.05, 0) is 17.5 Å². The summed E-state index contributed by atoms with van der Waals surface area (Å²) >= 11 is 0. The first-order chi connectivity index (χ1) is 10.9. The smallest absolute Gasteiger partial charge is 0.126 e. The van der Waals surface area contributed by atoms with Crippen LogP contribution in [0.4, 0.5) is 4.39 Å². The Balaban J connectivity index is 1.83. The molecule has 2 aromatic rings. The van der Waals surface area contributed by atoms with Crippen molar-refractivity contribution in [3.63, 3.8) is 0 Å². The van der Waals surface area contributed by atoms with Crippen LogP contribution in [0.25, 0.3) is 11.3 Å². The van der Waals surface area contributed by atoms with Crippen molar-refractivity contribution in [2.45, 2.75) is 26.8 Å². The molecule has 1 aromatic heterocycles. The summed E-state index contributed by atoms with van der Waals surface area (Å²) in [5, 5.41) is 0. The van der Waals surface area contributed by atoms with Crippen LogP contribution in [-0.4, -0.2) is 41.2 Å². The van der Waals surface area contributed by atoms with Gasteiger partial charge in [0.2, 0.25) is 0 Å². The molecule has 1 fully saturated rings. The number of H-pyrrole nitrogens is 1. The molecular formula is C18H24FN3O. The third-order valence-corrected chi connectivity index (χ3v) is 3.96. The van der Waals surface area contributed by atoms with Gasteiger partial charge >= 0.3 is 0 Å². The molecule has 0 saturated carbocycles. The van der Waals surface area contributed by atoms with E-state index in [0.29, 0.717) is 6.61 Å².